The van der Waals surface area contributed by atoms with Gasteiger partial charge in [0, 0.05) is 12.4 Å². The van der Waals surface area contributed by atoms with Crippen LogP contribution in [0.1, 0.15) is 0 Å². The van der Waals surface area contributed by atoms with Gasteiger partial charge in [0.2, 0.25) is 0 Å². The van der Waals surface area contributed by atoms with Crippen LogP contribution in [0.5, 0.6) is 0 Å². The Bertz CT molecular complexity index is 202. The van der Waals surface area contributed by atoms with Crippen molar-refractivity contribution in [1.82, 2.24) is 4.98 Å². The van der Waals surface area contributed by atoms with Gasteiger partial charge in [0.25, 0.3) is 0 Å². The molecule has 0 aliphatic heterocycles. The molecule has 0 spiro atoms. The van der Waals surface area contributed by atoms with Crippen LogP contribution in [0.4, 0.5) is 0 Å². The van der Waals surface area contributed by atoms with Crippen LogP contribution >= 0.6 is 11.6 Å². The van der Waals surface area contributed by atoms with Gasteiger partial charge in [-0.3, -0.25) is 4.98 Å². The minimum absolute atomic E-state index is 0.686. The lowest BCUT2D eigenvalue weighted by molar-refractivity contribution is 1.35. The number of rotatable bonds is 1. The van der Waals surface area contributed by atoms with Gasteiger partial charge in [-0.1, -0.05) is 23.9 Å². The first kappa shape index (κ1) is 6.62. The Hall–Kier alpha value is -0.495. The Morgan fingerprint density at radius 2 is 2.33 bits per heavy atom. The Labute approximate surface area is 60.3 Å². The summed E-state index contributed by atoms with van der Waals surface area (Å²) in [6, 6.07) is 1.87. The molecule has 1 aromatic rings. The van der Waals surface area contributed by atoms with Gasteiger partial charge in [0.05, 0.1) is 5.02 Å². The van der Waals surface area contributed by atoms with Crippen LogP contribution in [-0.2, 0) is 0 Å². The van der Waals surface area contributed by atoms with Crippen LogP contribution in [0.3, 0.4) is 0 Å². The zero-order chi connectivity index (χ0) is 6.69. The SMILES string of the molecule is C[B]c1cncc(Cl)c1. The molecule has 1 aromatic heterocycles. The molecule has 0 N–H and O–H groups in total. The molecule has 1 rings (SSSR count). The van der Waals surface area contributed by atoms with E-state index in [9.17, 15) is 0 Å². The minimum atomic E-state index is 0.686. The van der Waals surface area contributed by atoms with Gasteiger partial charge in [0.15, 0.2) is 0 Å². The second kappa shape index (κ2) is 2.88. The Morgan fingerprint density at radius 1 is 1.56 bits per heavy atom. The Morgan fingerprint density at radius 3 is 2.78 bits per heavy atom. The number of hydrogen-bond acceptors (Lipinski definition) is 1. The summed E-state index contributed by atoms with van der Waals surface area (Å²) >= 11 is 5.64. The highest BCUT2D eigenvalue weighted by molar-refractivity contribution is 6.52. The average Bonchev–Trinajstić information content (AvgIpc) is 1.88. The van der Waals surface area contributed by atoms with E-state index in [4.69, 9.17) is 11.6 Å². The van der Waals surface area contributed by atoms with E-state index >= 15 is 0 Å². The largest absolute Gasteiger partial charge is 0.264 e. The van der Waals surface area contributed by atoms with E-state index in [1.54, 1.807) is 12.4 Å². The summed E-state index contributed by atoms with van der Waals surface area (Å²) < 4.78 is 0. The monoisotopic (exact) mass is 138 g/mol. The Balaban J connectivity index is 2.94. The van der Waals surface area contributed by atoms with Gasteiger partial charge in [-0.2, -0.15) is 0 Å². The highest BCUT2D eigenvalue weighted by Gasteiger charge is 1.89. The van der Waals surface area contributed by atoms with Crippen molar-refractivity contribution in [1.29, 1.82) is 0 Å². The molecule has 0 aliphatic rings. The lowest BCUT2D eigenvalue weighted by atomic mass is 9.74. The fourth-order valence-electron chi connectivity index (χ4n) is 0.586. The molecule has 0 atom stereocenters. The number of aromatic nitrogens is 1. The molecule has 1 heterocycles. The molecule has 0 aliphatic carbocycles. The van der Waals surface area contributed by atoms with Crippen molar-refractivity contribution in [2.45, 2.75) is 6.82 Å². The standard InChI is InChI=1S/C6H6BClN/c1-7-5-2-6(8)4-9-3-5/h2-4H,1H3. The predicted octanol–water partition coefficient (Wildman–Crippen LogP) is 1.11. The number of halogens is 1. The summed E-state index contributed by atoms with van der Waals surface area (Å²) in [5.41, 5.74) is 1.06. The van der Waals surface area contributed by atoms with Crippen LogP contribution in [0.25, 0.3) is 0 Å². The third-order valence-corrected chi connectivity index (χ3v) is 1.27. The van der Waals surface area contributed by atoms with Crippen molar-refractivity contribution in [2.75, 3.05) is 0 Å². The molecule has 0 saturated heterocycles. The van der Waals surface area contributed by atoms with Crippen molar-refractivity contribution >= 4 is 24.3 Å². The maximum atomic E-state index is 5.64. The fraction of sp³-hybridized carbons (Fsp3) is 0.167. The molecular weight excluding hydrogens is 132 g/mol. The quantitative estimate of drug-likeness (QED) is 0.530. The minimum Gasteiger partial charge on any atom is -0.264 e. The fourth-order valence-corrected chi connectivity index (χ4v) is 0.768. The first-order valence-corrected chi connectivity index (χ1v) is 3.10. The molecule has 0 amide bonds. The van der Waals surface area contributed by atoms with E-state index in [-0.39, 0.29) is 0 Å². The van der Waals surface area contributed by atoms with Gasteiger partial charge < -0.3 is 0 Å². The first-order valence-electron chi connectivity index (χ1n) is 2.73. The van der Waals surface area contributed by atoms with Gasteiger partial charge >= 0.3 is 0 Å². The summed E-state index contributed by atoms with van der Waals surface area (Å²) in [5.74, 6) is 0. The van der Waals surface area contributed by atoms with Crippen LogP contribution in [0, 0.1) is 0 Å². The average molecular weight is 138 g/mol. The molecule has 1 nitrogen and oxygen atoms in total. The van der Waals surface area contributed by atoms with Gasteiger partial charge in [-0.05, 0) is 6.07 Å². The van der Waals surface area contributed by atoms with Gasteiger partial charge in [-0.15, -0.1) is 0 Å². The van der Waals surface area contributed by atoms with E-state index in [1.165, 1.54) is 0 Å². The highest BCUT2D eigenvalue weighted by atomic mass is 35.5. The van der Waals surface area contributed by atoms with Crippen molar-refractivity contribution in [3.05, 3.63) is 23.5 Å². The van der Waals surface area contributed by atoms with Crippen molar-refractivity contribution in [3.63, 3.8) is 0 Å². The molecule has 3 heteroatoms. The number of hydrogen-bond donors (Lipinski definition) is 0. The summed E-state index contributed by atoms with van der Waals surface area (Å²) in [6.07, 6.45) is 3.39. The number of nitrogens with zero attached hydrogens (tertiary/aromatic N) is 1. The second-order valence-corrected chi connectivity index (χ2v) is 2.16. The lowest BCUT2D eigenvalue weighted by Crippen LogP contribution is -2.09. The summed E-state index contributed by atoms with van der Waals surface area (Å²) in [6.45, 7) is 1.95. The molecule has 9 heavy (non-hydrogen) atoms. The van der Waals surface area contributed by atoms with Crippen LogP contribution in [0.2, 0.25) is 11.8 Å². The third kappa shape index (κ3) is 1.72. The molecule has 0 bridgehead atoms. The van der Waals surface area contributed by atoms with Crippen molar-refractivity contribution in [2.24, 2.45) is 0 Å². The van der Waals surface area contributed by atoms with E-state index in [1.807, 2.05) is 20.2 Å². The lowest BCUT2D eigenvalue weighted by Gasteiger charge is -1.92. The van der Waals surface area contributed by atoms with Crippen LogP contribution < -0.4 is 5.46 Å². The van der Waals surface area contributed by atoms with Crippen molar-refractivity contribution in [3.8, 4) is 0 Å². The summed E-state index contributed by atoms with van der Waals surface area (Å²) in [5, 5.41) is 0.686. The molecule has 1 radical (unpaired) electrons. The summed E-state index contributed by atoms with van der Waals surface area (Å²) in [7, 11) is 1.96. The maximum Gasteiger partial charge on any atom is 0.150 e. The Kier molecular flexibility index (Phi) is 2.12. The zero-order valence-corrected chi connectivity index (χ0v) is 5.89. The van der Waals surface area contributed by atoms with Crippen LogP contribution in [0.15, 0.2) is 18.5 Å². The smallest absolute Gasteiger partial charge is 0.150 e. The second-order valence-electron chi connectivity index (χ2n) is 1.73. The molecule has 0 fully saturated rings. The van der Waals surface area contributed by atoms with E-state index in [2.05, 4.69) is 4.98 Å². The predicted molar refractivity (Wildman–Crippen MR) is 40.5 cm³/mol. The van der Waals surface area contributed by atoms with Gasteiger partial charge in [0.1, 0.15) is 7.28 Å². The van der Waals surface area contributed by atoms with Crippen LogP contribution in [-0.4, -0.2) is 12.3 Å². The molecule has 45 valence electrons. The van der Waals surface area contributed by atoms with Crippen molar-refractivity contribution < 1.29 is 0 Å². The van der Waals surface area contributed by atoms with E-state index < -0.39 is 0 Å². The topological polar surface area (TPSA) is 12.9 Å². The molecule has 0 aromatic carbocycles. The maximum absolute atomic E-state index is 5.64. The first-order chi connectivity index (χ1) is 4.33. The highest BCUT2D eigenvalue weighted by Crippen LogP contribution is 2.00. The van der Waals surface area contributed by atoms with E-state index in [0.29, 0.717) is 5.02 Å². The molecular formula is C6H6BClN. The third-order valence-electron chi connectivity index (χ3n) is 1.06. The number of pyridine rings is 1. The van der Waals surface area contributed by atoms with Gasteiger partial charge in [-0.25, -0.2) is 0 Å². The normalized spacial score (nSPS) is 9.11. The molecule has 0 saturated carbocycles. The van der Waals surface area contributed by atoms with E-state index in [0.717, 1.165) is 5.46 Å². The summed E-state index contributed by atoms with van der Waals surface area (Å²) in [4.78, 5) is 3.89. The molecule has 0 unspecified atom stereocenters. The zero-order valence-electron chi connectivity index (χ0n) is 5.13.